The summed E-state index contributed by atoms with van der Waals surface area (Å²) in [4.78, 5) is 0. The van der Waals surface area contributed by atoms with Gasteiger partial charge in [-0.1, -0.05) is 0 Å². The first-order valence-electron chi connectivity index (χ1n) is 2.24. The van der Waals surface area contributed by atoms with E-state index in [4.69, 9.17) is 9.47 Å². The van der Waals surface area contributed by atoms with Crippen LogP contribution in [0.3, 0.4) is 0 Å². The van der Waals surface area contributed by atoms with Crippen molar-refractivity contribution in [2.24, 2.45) is 0 Å². The maximum Gasteiger partial charge on any atom is 0.188 e. The van der Waals surface area contributed by atoms with Crippen molar-refractivity contribution >= 4 is 0 Å². The molecule has 2 heteroatoms. The molecule has 0 aliphatic carbocycles. The van der Waals surface area contributed by atoms with Crippen molar-refractivity contribution in [3.63, 3.8) is 0 Å². The van der Waals surface area contributed by atoms with E-state index in [1.54, 1.807) is 6.26 Å². The highest BCUT2D eigenvalue weighted by atomic mass is 16.7. The summed E-state index contributed by atoms with van der Waals surface area (Å²) in [6.07, 6.45) is 1.73. The first kappa shape index (κ1) is 4.65. The average Bonchev–Trinajstić information content (AvgIpc) is 1.69. The van der Waals surface area contributed by atoms with Gasteiger partial charge in [-0.3, -0.25) is 0 Å². The lowest BCUT2D eigenvalue weighted by molar-refractivity contribution is -0.0204. The van der Waals surface area contributed by atoms with Crippen molar-refractivity contribution in [3.8, 4) is 0 Å². The fraction of sp³-hybridized carbons (Fsp3) is 0.600. The van der Waals surface area contributed by atoms with Gasteiger partial charge in [0.15, 0.2) is 6.79 Å². The van der Waals surface area contributed by atoms with Crippen LogP contribution in [0.5, 0.6) is 0 Å². The van der Waals surface area contributed by atoms with Crippen molar-refractivity contribution in [3.05, 3.63) is 11.8 Å². The van der Waals surface area contributed by atoms with Crippen LogP contribution in [0.4, 0.5) is 0 Å². The van der Waals surface area contributed by atoms with Gasteiger partial charge in [0, 0.05) is 0 Å². The normalized spacial score (nSPS) is 20.4. The number of ether oxygens (including phenoxy) is 2. The lowest BCUT2D eigenvalue weighted by atomic mass is 10.4. The van der Waals surface area contributed by atoms with Gasteiger partial charge in [0.1, 0.15) is 0 Å². The van der Waals surface area contributed by atoms with E-state index in [2.05, 4.69) is 0 Å². The fourth-order valence-electron chi connectivity index (χ4n) is 0.461. The molecule has 40 valence electrons. The van der Waals surface area contributed by atoms with E-state index in [1.165, 1.54) is 0 Å². The Labute approximate surface area is 42.7 Å². The molecule has 0 radical (unpaired) electrons. The molecule has 0 bridgehead atoms. The Hall–Kier alpha value is -0.500. The molecule has 0 N–H and O–H groups in total. The quantitative estimate of drug-likeness (QED) is 0.450. The van der Waals surface area contributed by atoms with Crippen LogP contribution in [0.2, 0.25) is 0 Å². The average molecular weight is 100 g/mol. The van der Waals surface area contributed by atoms with Crippen LogP contribution in [0.1, 0.15) is 6.92 Å². The van der Waals surface area contributed by atoms with Crippen molar-refractivity contribution in [1.82, 2.24) is 0 Å². The lowest BCUT2D eigenvalue weighted by Gasteiger charge is -2.09. The number of rotatable bonds is 0. The molecule has 0 spiro atoms. The molecule has 0 unspecified atom stereocenters. The molecule has 0 aromatic heterocycles. The van der Waals surface area contributed by atoms with E-state index >= 15 is 0 Å². The lowest BCUT2D eigenvalue weighted by Crippen LogP contribution is -2.05. The topological polar surface area (TPSA) is 18.5 Å². The SMILES string of the molecule is CC1=COCOC1. The van der Waals surface area contributed by atoms with Crippen molar-refractivity contribution < 1.29 is 9.47 Å². The second-order valence-electron chi connectivity index (χ2n) is 1.60. The smallest absolute Gasteiger partial charge is 0.188 e. The third-order valence-corrected chi connectivity index (χ3v) is 0.766. The van der Waals surface area contributed by atoms with Crippen LogP contribution in [0.25, 0.3) is 0 Å². The Morgan fingerprint density at radius 2 is 2.57 bits per heavy atom. The zero-order chi connectivity index (χ0) is 5.11. The molecule has 0 fully saturated rings. The van der Waals surface area contributed by atoms with E-state index in [9.17, 15) is 0 Å². The molecule has 1 heterocycles. The van der Waals surface area contributed by atoms with Crippen LogP contribution in [0.15, 0.2) is 11.8 Å². The highest BCUT2D eigenvalue weighted by Crippen LogP contribution is 1.99. The molecule has 1 aliphatic rings. The molecule has 1 aliphatic heterocycles. The van der Waals surface area contributed by atoms with Gasteiger partial charge in [0.05, 0.1) is 12.9 Å². The van der Waals surface area contributed by atoms with Crippen molar-refractivity contribution in [2.45, 2.75) is 6.92 Å². The highest BCUT2D eigenvalue weighted by molar-refractivity contribution is 4.93. The summed E-state index contributed by atoms with van der Waals surface area (Å²) in [6, 6.07) is 0. The summed E-state index contributed by atoms with van der Waals surface area (Å²) in [7, 11) is 0. The summed E-state index contributed by atoms with van der Waals surface area (Å²) >= 11 is 0. The summed E-state index contributed by atoms with van der Waals surface area (Å²) in [5, 5.41) is 0. The molecule has 0 saturated heterocycles. The second-order valence-corrected chi connectivity index (χ2v) is 1.60. The standard InChI is InChI=1S/C5H8O2/c1-5-2-6-4-7-3-5/h2H,3-4H2,1H3. The van der Waals surface area contributed by atoms with Crippen molar-refractivity contribution in [2.75, 3.05) is 13.4 Å². The molecular formula is C5H8O2. The van der Waals surface area contributed by atoms with E-state index in [-0.39, 0.29) is 0 Å². The minimum Gasteiger partial charge on any atom is -0.475 e. The first-order chi connectivity index (χ1) is 3.39. The van der Waals surface area contributed by atoms with Crippen LogP contribution in [0, 0.1) is 0 Å². The zero-order valence-electron chi connectivity index (χ0n) is 4.31. The second kappa shape index (κ2) is 1.98. The van der Waals surface area contributed by atoms with E-state index in [0.29, 0.717) is 6.79 Å². The third kappa shape index (κ3) is 1.20. The Bertz CT molecular complexity index is 86.1. The maximum atomic E-state index is 4.89. The monoisotopic (exact) mass is 100 g/mol. The molecule has 0 atom stereocenters. The predicted molar refractivity (Wildman–Crippen MR) is 25.7 cm³/mol. The Kier molecular flexibility index (Phi) is 1.32. The molecule has 0 saturated carbocycles. The van der Waals surface area contributed by atoms with Crippen LogP contribution >= 0.6 is 0 Å². The van der Waals surface area contributed by atoms with Crippen LogP contribution in [-0.4, -0.2) is 13.4 Å². The van der Waals surface area contributed by atoms with Gasteiger partial charge in [-0.05, 0) is 12.5 Å². The number of hydrogen-bond acceptors (Lipinski definition) is 2. The van der Waals surface area contributed by atoms with E-state index in [0.717, 1.165) is 12.2 Å². The van der Waals surface area contributed by atoms with Gasteiger partial charge in [0.2, 0.25) is 0 Å². The van der Waals surface area contributed by atoms with Crippen LogP contribution < -0.4 is 0 Å². The van der Waals surface area contributed by atoms with Gasteiger partial charge < -0.3 is 9.47 Å². The number of hydrogen-bond donors (Lipinski definition) is 0. The first-order valence-corrected chi connectivity index (χ1v) is 2.24. The summed E-state index contributed by atoms with van der Waals surface area (Å²) < 4.78 is 9.69. The Morgan fingerprint density at radius 3 is 2.86 bits per heavy atom. The maximum absolute atomic E-state index is 4.89. The summed E-state index contributed by atoms with van der Waals surface area (Å²) in [6.45, 7) is 3.11. The molecule has 0 aromatic rings. The molecule has 2 nitrogen and oxygen atoms in total. The molecule has 0 aromatic carbocycles. The van der Waals surface area contributed by atoms with Gasteiger partial charge in [-0.2, -0.15) is 0 Å². The predicted octanol–water partition coefficient (Wildman–Crippen LogP) is 0.895. The minimum absolute atomic E-state index is 0.414. The molecule has 7 heavy (non-hydrogen) atoms. The van der Waals surface area contributed by atoms with E-state index < -0.39 is 0 Å². The van der Waals surface area contributed by atoms with E-state index in [1.807, 2.05) is 6.92 Å². The summed E-state index contributed by atoms with van der Waals surface area (Å²) in [5.74, 6) is 0. The van der Waals surface area contributed by atoms with Gasteiger partial charge in [0.25, 0.3) is 0 Å². The molecule has 1 rings (SSSR count). The van der Waals surface area contributed by atoms with Crippen LogP contribution in [-0.2, 0) is 9.47 Å². The highest BCUT2D eigenvalue weighted by Gasteiger charge is 1.94. The van der Waals surface area contributed by atoms with Gasteiger partial charge >= 0.3 is 0 Å². The fourth-order valence-corrected chi connectivity index (χ4v) is 0.461. The Balaban J connectivity index is 2.40. The minimum atomic E-state index is 0.414. The van der Waals surface area contributed by atoms with Crippen molar-refractivity contribution in [1.29, 1.82) is 0 Å². The Morgan fingerprint density at radius 1 is 1.71 bits per heavy atom. The largest absolute Gasteiger partial charge is 0.475 e. The third-order valence-electron chi connectivity index (χ3n) is 0.766. The van der Waals surface area contributed by atoms with Gasteiger partial charge in [-0.25, -0.2) is 0 Å². The summed E-state index contributed by atoms with van der Waals surface area (Å²) in [5.41, 5.74) is 1.14. The molecule has 0 amide bonds. The molecular weight excluding hydrogens is 92.1 g/mol. The zero-order valence-corrected chi connectivity index (χ0v) is 4.31. The van der Waals surface area contributed by atoms with Gasteiger partial charge in [-0.15, -0.1) is 0 Å².